The Morgan fingerprint density at radius 3 is 3.12 bits per heavy atom. The van der Waals surface area contributed by atoms with Crippen LogP contribution in [0, 0.1) is 0 Å². The highest BCUT2D eigenvalue weighted by Crippen LogP contribution is 2.38. The number of fused-ring (bicyclic) bond motifs is 1. The largest absolute Gasteiger partial charge is 0.305 e. The molecule has 90 valence electrons. The molecule has 1 fully saturated rings. The number of nitrogens with zero attached hydrogens (tertiary/aromatic N) is 1. The molecule has 2 aromatic rings. The third kappa shape index (κ3) is 1.86. The Morgan fingerprint density at radius 1 is 1.53 bits per heavy atom. The second-order valence-corrected chi connectivity index (χ2v) is 6.06. The molecule has 0 amide bonds. The molecule has 1 atom stereocenters. The number of thiazole rings is 1. The number of nitrogens with one attached hydrogen (secondary N) is 1. The van der Waals surface area contributed by atoms with Gasteiger partial charge in [-0.2, -0.15) is 0 Å². The molecule has 17 heavy (non-hydrogen) atoms. The summed E-state index contributed by atoms with van der Waals surface area (Å²) in [6.07, 6.45) is 3.53. The summed E-state index contributed by atoms with van der Waals surface area (Å²) in [7, 11) is 0. The van der Waals surface area contributed by atoms with E-state index in [1.807, 2.05) is 18.2 Å². The second kappa shape index (κ2) is 4.23. The van der Waals surface area contributed by atoms with Gasteiger partial charge in [0.2, 0.25) is 0 Å². The minimum absolute atomic E-state index is 0.107. The maximum absolute atomic E-state index is 6.02. The van der Waals surface area contributed by atoms with Crippen molar-refractivity contribution < 1.29 is 0 Å². The highest BCUT2D eigenvalue weighted by molar-refractivity contribution is 7.18. The van der Waals surface area contributed by atoms with Crippen molar-refractivity contribution in [2.45, 2.75) is 31.7 Å². The van der Waals surface area contributed by atoms with Crippen molar-refractivity contribution in [2.24, 2.45) is 0 Å². The summed E-state index contributed by atoms with van der Waals surface area (Å²) in [6, 6.07) is 5.93. The first kappa shape index (κ1) is 11.5. The van der Waals surface area contributed by atoms with Crippen LogP contribution in [0.15, 0.2) is 18.2 Å². The summed E-state index contributed by atoms with van der Waals surface area (Å²) in [4.78, 5) is 4.78. The molecule has 1 aliphatic heterocycles. The third-order valence-electron chi connectivity index (χ3n) is 3.61. The Morgan fingerprint density at radius 2 is 2.41 bits per heavy atom. The minimum atomic E-state index is 0.107. The maximum Gasteiger partial charge on any atom is 0.114 e. The van der Waals surface area contributed by atoms with E-state index in [2.05, 4.69) is 12.2 Å². The Bertz CT molecular complexity index is 543. The molecule has 4 heteroatoms. The molecule has 1 unspecified atom stereocenters. The molecule has 0 bridgehead atoms. The van der Waals surface area contributed by atoms with Gasteiger partial charge in [-0.3, -0.25) is 0 Å². The second-order valence-electron chi connectivity index (χ2n) is 4.60. The van der Waals surface area contributed by atoms with Crippen LogP contribution in [0.4, 0.5) is 0 Å². The van der Waals surface area contributed by atoms with Gasteiger partial charge in [0.25, 0.3) is 0 Å². The number of hydrogen-bond donors (Lipinski definition) is 1. The first-order valence-corrected chi connectivity index (χ1v) is 7.24. The molecule has 1 aliphatic rings. The molecular weight excluding hydrogens is 252 g/mol. The number of rotatable bonds is 2. The Kier molecular flexibility index (Phi) is 2.85. The third-order valence-corrected chi connectivity index (χ3v) is 5.06. The average Bonchev–Trinajstić information content (AvgIpc) is 2.94. The molecule has 0 saturated carbocycles. The van der Waals surface area contributed by atoms with Crippen LogP contribution in [-0.2, 0) is 5.54 Å². The van der Waals surface area contributed by atoms with Gasteiger partial charge < -0.3 is 5.32 Å². The number of hydrogen-bond acceptors (Lipinski definition) is 3. The van der Waals surface area contributed by atoms with E-state index in [1.54, 1.807) is 11.3 Å². The normalized spacial score (nSPS) is 24.6. The van der Waals surface area contributed by atoms with Gasteiger partial charge in [0.1, 0.15) is 5.01 Å². The van der Waals surface area contributed by atoms with Crippen molar-refractivity contribution in [1.82, 2.24) is 10.3 Å². The first-order valence-electron chi connectivity index (χ1n) is 6.05. The molecule has 2 heterocycles. The van der Waals surface area contributed by atoms with Crippen LogP contribution in [-0.4, -0.2) is 11.5 Å². The Labute approximate surface area is 110 Å². The maximum atomic E-state index is 6.02. The topological polar surface area (TPSA) is 24.9 Å². The molecule has 3 rings (SSSR count). The summed E-state index contributed by atoms with van der Waals surface area (Å²) in [5.74, 6) is 0. The quantitative estimate of drug-likeness (QED) is 0.891. The van der Waals surface area contributed by atoms with Crippen molar-refractivity contribution in [3.05, 3.63) is 28.2 Å². The fraction of sp³-hybridized carbons (Fsp3) is 0.462. The van der Waals surface area contributed by atoms with E-state index < -0.39 is 0 Å². The van der Waals surface area contributed by atoms with Gasteiger partial charge in [-0.25, -0.2) is 4.98 Å². The predicted molar refractivity (Wildman–Crippen MR) is 73.8 cm³/mol. The van der Waals surface area contributed by atoms with Gasteiger partial charge in [-0.1, -0.05) is 18.5 Å². The molecule has 0 radical (unpaired) electrons. The molecule has 1 aromatic carbocycles. The fourth-order valence-corrected chi connectivity index (χ4v) is 4.05. The van der Waals surface area contributed by atoms with Gasteiger partial charge in [0.15, 0.2) is 0 Å². The van der Waals surface area contributed by atoms with Crippen molar-refractivity contribution in [2.75, 3.05) is 6.54 Å². The number of benzene rings is 1. The van der Waals surface area contributed by atoms with Crippen molar-refractivity contribution in [1.29, 1.82) is 0 Å². The van der Waals surface area contributed by atoms with Crippen LogP contribution < -0.4 is 5.32 Å². The van der Waals surface area contributed by atoms with Gasteiger partial charge in [0, 0.05) is 5.02 Å². The lowest BCUT2D eigenvalue weighted by atomic mass is 9.95. The molecule has 1 saturated heterocycles. The van der Waals surface area contributed by atoms with Crippen LogP contribution in [0.5, 0.6) is 0 Å². The summed E-state index contributed by atoms with van der Waals surface area (Å²) in [6.45, 7) is 3.34. The molecule has 2 nitrogen and oxygen atoms in total. The highest BCUT2D eigenvalue weighted by Gasteiger charge is 2.36. The van der Waals surface area contributed by atoms with Crippen LogP contribution in [0.25, 0.3) is 10.2 Å². The Balaban J connectivity index is 2.11. The van der Waals surface area contributed by atoms with Gasteiger partial charge in [-0.05, 0) is 44.0 Å². The smallest absolute Gasteiger partial charge is 0.114 e. The number of aromatic nitrogens is 1. The zero-order chi connectivity index (χ0) is 11.9. The van der Waals surface area contributed by atoms with E-state index in [-0.39, 0.29) is 5.54 Å². The summed E-state index contributed by atoms with van der Waals surface area (Å²) < 4.78 is 1.19. The van der Waals surface area contributed by atoms with E-state index >= 15 is 0 Å². The Hall–Kier alpha value is -0.640. The van der Waals surface area contributed by atoms with Gasteiger partial charge >= 0.3 is 0 Å². The minimum Gasteiger partial charge on any atom is -0.305 e. The standard InChI is InChI=1S/C13H15ClN2S/c1-2-13(6-3-7-15-13)12-16-10-5-4-9(14)8-11(10)17-12/h4-5,8,15H,2-3,6-7H2,1H3. The van der Waals surface area contributed by atoms with Crippen molar-refractivity contribution >= 4 is 33.2 Å². The van der Waals surface area contributed by atoms with Gasteiger partial charge in [-0.15, -0.1) is 11.3 Å². The zero-order valence-corrected chi connectivity index (χ0v) is 11.4. The molecule has 1 aromatic heterocycles. The molecular formula is C13H15ClN2S. The van der Waals surface area contributed by atoms with E-state index in [9.17, 15) is 0 Å². The first-order chi connectivity index (χ1) is 8.23. The average molecular weight is 267 g/mol. The van der Waals surface area contributed by atoms with Crippen LogP contribution >= 0.6 is 22.9 Å². The van der Waals surface area contributed by atoms with Crippen LogP contribution in [0.2, 0.25) is 5.02 Å². The summed E-state index contributed by atoms with van der Waals surface area (Å²) in [5.41, 5.74) is 1.17. The molecule has 0 aliphatic carbocycles. The fourth-order valence-electron chi connectivity index (χ4n) is 2.54. The van der Waals surface area contributed by atoms with E-state index in [0.29, 0.717) is 0 Å². The lowest BCUT2D eigenvalue weighted by molar-refractivity contribution is 0.375. The number of halogens is 1. The van der Waals surface area contributed by atoms with E-state index in [0.717, 1.165) is 23.5 Å². The van der Waals surface area contributed by atoms with Crippen molar-refractivity contribution in [3.63, 3.8) is 0 Å². The van der Waals surface area contributed by atoms with Crippen molar-refractivity contribution in [3.8, 4) is 0 Å². The molecule has 1 N–H and O–H groups in total. The van der Waals surface area contributed by atoms with Crippen LogP contribution in [0.1, 0.15) is 31.2 Å². The van der Waals surface area contributed by atoms with Gasteiger partial charge in [0.05, 0.1) is 15.8 Å². The molecule has 0 spiro atoms. The lowest BCUT2D eigenvalue weighted by Crippen LogP contribution is -2.35. The predicted octanol–water partition coefficient (Wildman–Crippen LogP) is 3.94. The van der Waals surface area contributed by atoms with E-state index in [1.165, 1.54) is 22.5 Å². The summed E-state index contributed by atoms with van der Waals surface area (Å²) in [5, 5.41) is 5.63. The van der Waals surface area contributed by atoms with E-state index in [4.69, 9.17) is 16.6 Å². The highest BCUT2D eigenvalue weighted by atomic mass is 35.5. The zero-order valence-electron chi connectivity index (χ0n) is 9.79. The lowest BCUT2D eigenvalue weighted by Gasteiger charge is -2.25. The SMILES string of the molecule is CCC1(c2nc3ccc(Cl)cc3s2)CCCN1. The van der Waals surface area contributed by atoms with Crippen LogP contribution in [0.3, 0.4) is 0 Å². The monoisotopic (exact) mass is 266 g/mol. The summed E-state index contributed by atoms with van der Waals surface area (Å²) >= 11 is 7.79.